The van der Waals surface area contributed by atoms with Crippen LogP contribution in [0, 0.1) is 0 Å². The molecule has 0 saturated carbocycles. The van der Waals surface area contributed by atoms with Gasteiger partial charge >= 0.3 is 0 Å². The molecular formula is C22H33N7. The number of nitrogens with zero attached hydrogens (tertiary/aromatic N) is 6. The molecule has 156 valence electrons. The van der Waals surface area contributed by atoms with Crippen molar-refractivity contribution in [3.8, 4) is 0 Å². The first-order valence-corrected chi connectivity index (χ1v) is 10.8. The molecule has 7 heteroatoms. The first-order chi connectivity index (χ1) is 14.1. The van der Waals surface area contributed by atoms with Gasteiger partial charge < -0.3 is 15.1 Å². The Morgan fingerprint density at radius 1 is 1.21 bits per heavy atom. The maximum Gasteiger partial charge on any atom is 0.224 e. The molecule has 3 heterocycles. The number of nitrogens with one attached hydrogen (secondary N) is 1. The van der Waals surface area contributed by atoms with Crippen molar-refractivity contribution in [3.05, 3.63) is 41.3 Å². The van der Waals surface area contributed by atoms with Gasteiger partial charge in [-0.2, -0.15) is 4.98 Å². The average molecular weight is 396 g/mol. The van der Waals surface area contributed by atoms with E-state index in [9.17, 15) is 0 Å². The van der Waals surface area contributed by atoms with Crippen LogP contribution in [0.15, 0.2) is 24.4 Å². The van der Waals surface area contributed by atoms with E-state index in [-0.39, 0.29) is 0 Å². The van der Waals surface area contributed by atoms with E-state index in [0.29, 0.717) is 6.04 Å². The highest BCUT2D eigenvalue weighted by atomic mass is 15.3. The molecule has 1 aliphatic carbocycles. The summed E-state index contributed by atoms with van der Waals surface area (Å²) in [6, 6.07) is 6.80. The SMILES string of the molecule is CCNc1nc(CN(C)C2CCCc3cccnc32)cc(N2CCN(C)CC2)n1. The van der Waals surface area contributed by atoms with Gasteiger partial charge in [0.1, 0.15) is 5.82 Å². The number of pyridine rings is 1. The van der Waals surface area contributed by atoms with Gasteiger partial charge in [0.2, 0.25) is 5.95 Å². The van der Waals surface area contributed by atoms with Gasteiger partial charge in [-0.15, -0.1) is 0 Å². The molecule has 0 radical (unpaired) electrons. The number of piperazine rings is 1. The van der Waals surface area contributed by atoms with E-state index in [0.717, 1.165) is 69.6 Å². The van der Waals surface area contributed by atoms with Crippen molar-refractivity contribution in [1.82, 2.24) is 24.8 Å². The summed E-state index contributed by atoms with van der Waals surface area (Å²) in [6.45, 7) is 7.86. The molecule has 0 bridgehead atoms. The number of fused-ring (bicyclic) bond motifs is 1. The van der Waals surface area contributed by atoms with Crippen LogP contribution in [0.1, 0.15) is 42.8 Å². The zero-order valence-electron chi connectivity index (χ0n) is 17.9. The van der Waals surface area contributed by atoms with Crippen molar-refractivity contribution >= 4 is 11.8 Å². The Kier molecular flexibility index (Phi) is 6.25. The van der Waals surface area contributed by atoms with Crippen LogP contribution in [0.5, 0.6) is 0 Å². The molecule has 2 aromatic rings. The third kappa shape index (κ3) is 4.67. The summed E-state index contributed by atoms with van der Waals surface area (Å²) in [6.07, 6.45) is 5.42. The normalized spacial score (nSPS) is 20.0. The maximum absolute atomic E-state index is 4.80. The summed E-state index contributed by atoms with van der Waals surface area (Å²) in [5, 5.41) is 3.31. The van der Waals surface area contributed by atoms with Gasteiger partial charge in [0.05, 0.1) is 17.4 Å². The fraction of sp³-hybridized carbons (Fsp3) is 0.591. The summed E-state index contributed by atoms with van der Waals surface area (Å²) in [5.41, 5.74) is 3.70. The predicted octanol–water partition coefficient (Wildman–Crippen LogP) is 2.56. The molecule has 1 unspecified atom stereocenters. The molecule has 29 heavy (non-hydrogen) atoms. The molecular weight excluding hydrogens is 362 g/mol. The monoisotopic (exact) mass is 395 g/mol. The van der Waals surface area contributed by atoms with Crippen LogP contribution in [0.2, 0.25) is 0 Å². The second-order valence-electron chi connectivity index (χ2n) is 8.23. The summed E-state index contributed by atoms with van der Waals surface area (Å²) in [7, 11) is 4.37. The quantitative estimate of drug-likeness (QED) is 0.807. The minimum Gasteiger partial charge on any atom is -0.354 e. The Bertz CT molecular complexity index is 817. The van der Waals surface area contributed by atoms with Crippen LogP contribution in [0.25, 0.3) is 0 Å². The third-order valence-electron chi connectivity index (χ3n) is 6.04. The van der Waals surface area contributed by atoms with Crippen LogP contribution in [0.3, 0.4) is 0 Å². The van der Waals surface area contributed by atoms with E-state index in [1.54, 1.807) is 0 Å². The molecule has 7 nitrogen and oxygen atoms in total. The number of hydrogen-bond acceptors (Lipinski definition) is 7. The van der Waals surface area contributed by atoms with E-state index in [2.05, 4.69) is 59.2 Å². The molecule has 1 saturated heterocycles. The van der Waals surface area contributed by atoms with Crippen molar-refractivity contribution in [2.75, 3.05) is 57.0 Å². The van der Waals surface area contributed by atoms with E-state index in [4.69, 9.17) is 15.0 Å². The van der Waals surface area contributed by atoms with E-state index < -0.39 is 0 Å². The molecule has 4 rings (SSSR count). The maximum atomic E-state index is 4.80. The first kappa shape index (κ1) is 20.0. The number of rotatable bonds is 6. The Morgan fingerprint density at radius 2 is 2.03 bits per heavy atom. The van der Waals surface area contributed by atoms with E-state index in [1.165, 1.54) is 17.7 Å². The van der Waals surface area contributed by atoms with Crippen molar-refractivity contribution in [2.45, 2.75) is 38.8 Å². The van der Waals surface area contributed by atoms with Crippen LogP contribution in [-0.4, -0.2) is 71.6 Å². The average Bonchev–Trinajstić information content (AvgIpc) is 2.74. The second kappa shape index (κ2) is 9.05. The number of likely N-dealkylation sites (N-methyl/N-ethyl adjacent to an activating group) is 1. The van der Waals surface area contributed by atoms with Crippen LogP contribution in [0.4, 0.5) is 11.8 Å². The highest BCUT2D eigenvalue weighted by molar-refractivity contribution is 5.45. The number of aromatic nitrogens is 3. The number of anilines is 2. The smallest absolute Gasteiger partial charge is 0.224 e. The minimum absolute atomic E-state index is 0.351. The summed E-state index contributed by atoms with van der Waals surface area (Å²) in [5.74, 6) is 1.77. The number of hydrogen-bond donors (Lipinski definition) is 1. The molecule has 2 aliphatic rings. The van der Waals surface area contributed by atoms with Crippen molar-refractivity contribution in [1.29, 1.82) is 0 Å². The van der Waals surface area contributed by atoms with Crippen molar-refractivity contribution < 1.29 is 0 Å². The Labute approximate surface area is 174 Å². The lowest BCUT2D eigenvalue weighted by Crippen LogP contribution is -2.45. The third-order valence-corrected chi connectivity index (χ3v) is 6.04. The van der Waals surface area contributed by atoms with Crippen molar-refractivity contribution in [3.63, 3.8) is 0 Å². The summed E-state index contributed by atoms with van der Waals surface area (Å²) in [4.78, 5) is 21.4. The van der Waals surface area contributed by atoms with Crippen LogP contribution in [-0.2, 0) is 13.0 Å². The molecule has 1 aliphatic heterocycles. The Morgan fingerprint density at radius 3 is 2.83 bits per heavy atom. The van der Waals surface area contributed by atoms with Gasteiger partial charge in [-0.25, -0.2) is 4.98 Å². The fourth-order valence-electron chi connectivity index (χ4n) is 4.38. The highest BCUT2D eigenvalue weighted by Crippen LogP contribution is 2.32. The molecule has 2 aromatic heterocycles. The van der Waals surface area contributed by atoms with Crippen LogP contribution >= 0.6 is 0 Å². The Balaban J connectivity index is 1.54. The summed E-state index contributed by atoms with van der Waals surface area (Å²) < 4.78 is 0. The molecule has 1 atom stereocenters. The van der Waals surface area contributed by atoms with Gasteiger partial charge in [0, 0.05) is 51.5 Å². The standard InChI is InChI=1S/C22H33N7/c1-4-23-22-25-18(15-20(26-22)29-13-11-27(2)12-14-29)16-28(3)19-9-5-7-17-8-6-10-24-21(17)19/h6,8,10,15,19H,4-5,7,9,11-14,16H2,1-3H3,(H,23,25,26). The lowest BCUT2D eigenvalue weighted by Gasteiger charge is -2.34. The fourth-order valence-corrected chi connectivity index (χ4v) is 4.38. The van der Waals surface area contributed by atoms with Crippen molar-refractivity contribution in [2.24, 2.45) is 0 Å². The van der Waals surface area contributed by atoms with E-state index >= 15 is 0 Å². The van der Waals surface area contributed by atoms with E-state index in [1.807, 2.05) is 6.20 Å². The predicted molar refractivity (Wildman–Crippen MR) is 117 cm³/mol. The lowest BCUT2D eigenvalue weighted by molar-refractivity contribution is 0.206. The first-order valence-electron chi connectivity index (χ1n) is 10.8. The van der Waals surface area contributed by atoms with Gasteiger partial charge in [-0.1, -0.05) is 6.07 Å². The second-order valence-corrected chi connectivity index (χ2v) is 8.23. The highest BCUT2D eigenvalue weighted by Gasteiger charge is 2.26. The molecule has 0 amide bonds. The molecule has 0 aromatic carbocycles. The van der Waals surface area contributed by atoms with Gasteiger partial charge in [-0.3, -0.25) is 9.88 Å². The Hall–Kier alpha value is -2.25. The van der Waals surface area contributed by atoms with Gasteiger partial charge in [0.25, 0.3) is 0 Å². The van der Waals surface area contributed by atoms with Crippen LogP contribution < -0.4 is 10.2 Å². The molecule has 1 N–H and O–H groups in total. The number of aryl methyl sites for hydroxylation is 1. The van der Waals surface area contributed by atoms with Gasteiger partial charge in [0.15, 0.2) is 0 Å². The zero-order chi connectivity index (χ0) is 20.2. The largest absolute Gasteiger partial charge is 0.354 e. The topological polar surface area (TPSA) is 60.4 Å². The summed E-state index contributed by atoms with van der Waals surface area (Å²) >= 11 is 0. The molecule has 0 spiro atoms. The molecule has 1 fully saturated rings. The minimum atomic E-state index is 0.351. The zero-order valence-corrected chi connectivity index (χ0v) is 17.9. The lowest BCUT2D eigenvalue weighted by atomic mass is 9.91. The van der Waals surface area contributed by atoms with Gasteiger partial charge in [-0.05, 0) is 51.9 Å².